The lowest BCUT2D eigenvalue weighted by molar-refractivity contribution is -0.115. The fourth-order valence-electron chi connectivity index (χ4n) is 3.69. The number of carbonyl (C=O) groups is 1. The molecule has 4 aromatic rings. The molecule has 1 atom stereocenters. The van der Waals surface area contributed by atoms with Crippen LogP contribution < -0.4 is 5.32 Å². The van der Waals surface area contributed by atoms with Gasteiger partial charge in [-0.25, -0.2) is 0 Å². The summed E-state index contributed by atoms with van der Waals surface area (Å²) in [4.78, 5) is 17.2. The standard InChI is InChI=1S/C27H29N5OS/c1-17(2)23-8-6-7-9-24(23)29-26(33)20(5)34-27-31-30-25(21-12-14-28-15-13-21)32(27)22-11-10-18(3)19(4)16-22/h6-17,20H,1-5H3,(H,29,33). The Morgan fingerprint density at radius 2 is 1.68 bits per heavy atom. The number of thioether (sulfide) groups is 1. The molecule has 0 fully saturated rings. The molecule has 6 nitrogen and oxygen atoms in total. The topological polar surface area (TPSA) is 72.7 Å². The number of para-hydroxylation sites is 1. The molecule has 0 saturated heterocycles. The van der Waals surface area contributed by atoms with Crippen LogP contribution in [0.25, 0.3) is 17.1 Å². The van der Waals surface area contributed by atoms with E-state index in [0.29, 0.717) is 16.9 Å². The van der Waals surface area contributed by atoms with E-state index in [4.69, 9.17) is 0 Å². The summed E-state index contributed by atoms with van der Waals surface area (Å²) in [6, 6.07) is 18.0. The number of amides is 1. The minimum atomic E-state index is -0.375. The minimum absolute atomic E-state index is 0.0711. The molecule has 0 radical (unpaired) electrons. The van der Waals surface area contributed by atoms with Crippen molar-refractivity contribution in [1.29, 1.82) is 0 Å². The second-order valence-corrected chi connectivity index (χ2v) is 9.95. The van der Waals surface area contributed by atoms with E-state index in [9.17, 15) is 4.79 Å². The molecule has 1 N–H and O–H groups in total. The number of rotatable bonds is 7. The summed E-state index contributed by atoms with van der Waals surface area (Å²) in [6.07, 6.45) is 3.48. The van der Waals surface area contributed by atoms with E-state index in [1.165, 1.54) is 22.9 Å². The third kappa shape index (κ3) is 5.04. The van der Waals surface area contributed by atoms with Gasteiger partial charge in [0.05, 0.1) is 10.9 Å². The van der Waals surface area contributed by atoms with Gasteiger partial charge in [0, 0.05) is 23.6 Å². The zero-order valence-electron chi connectivity index (χ0n) is 20.1. The number of aryl methyl sites for hydroxylation is 2. The van der Waals surface area contributed by atoms with Gasteiger partial charge in [-0.3, -0.25) is 14.3 Å². The molecule has 0 saturated carbocycles. The highest BCUT2D eigenvalue weighted by Gasteiger charge is 2.23. The predicted molar refractivity (Wildman–Crippen MR) is 139 cm³/mol. The molecule has 0 spiro atoms. The van der Waals surface area contributed by atoms with Gasteiger partial charge in [0.15, 0.2) is 11.0 Å². The quantitative estimate of drug-likeness (QED) is 0.325. The number of benzene rings is 2. The Bertz CT molecular complexity index is 1300. The van der Waals surface area contributed by atoms with Crippen LogP contribution in [0.2, 0.25) is 0 Å². The first kappa shape index (κ1) is 23.7. The van der Waals surface area contributed by atoms with Gasteiger partial charge in [-0.1, -0.05) is 49.9 Å². The Morgan fingerprint density at radius 1 is 0.941 bits per heavy atom. The van der Waals surface area contributed by atoms with Gasteiger partial charge < -0.3 is 5.32 Å². The Balaban J connectivity index is 1.66. The lowest BCUT2D eigenvalue weighted by Gasteiger charge is -2.17. The lowest BCUT2D eigenvalue weighted by Crippen LogP contribution is -2.23. The Morgan fingerprint density at radius 3 is 2.38 bits per heavy atom. The van der Waals surface area contributed by atoms with Crippen LogP contribution in [0.1, 0.15) is 43.4 Å². The fourth-order valence-corrected chi connectivity index (χ4v) is 4.56. The number of carbonyl (C=O) groups excluding carboxylic acids is 1. The van der Waals surface area contributed by atoms with Crippen LogP contribution in [0.15, 0.2) is 72.1 Å². The summed E-state index contributed by atoms with van der Waals surface area (Å²) in [5.41, 5.74) is 6.23. The van der Waals surface area contributed by atoms with Gasteiger partial charge in [-0.15, -0.1) is 10.2 Å². The average molecular weight is 472 g/mol. The van der Waals surface area contributed by atoms with Gasteiger partial charge in [-0.2, -0.15) is 0 Å². The van der Waals surface area contributed by atoms with Gasteiger partial charge in [0.2, 0.25) is 5.91 Å². The number of anilines is 1. The maximum atomic E-state index is 13.1. The molecule has 0 aliphatic rings. The number of aromatic nitrogens is 4. The third-order valence-corrected chi connectivity index (χ3v) is 6.86. The summed E-state index contributed by atoms with van der Waals surface area (Å²) in [6.45, 7) is 10.3. The van der Waals surface area contributed by atoms with Crippen LogP contribution in [0.4, 0.5) is 5.69 Å². The van der Waals surface area contributed by atoms with E-state index in [1.807, 2.05) is 41.8 Å². The molecule has 0 bridgehead atoms. The van der Waals surface area contributed by atoms with Crippen LogP contribution >= 0.6 is 11.8 Å². The van der Waals surface area contributed by atoms with Gasteiger partial charge in [-0.05, 0) is 73.7 Å². The Labute approximate surface area is 204 Å². The molecule has 2 heterocycles. The highest BCUT2D eigenvalue weighted by atomic mass is 32.2. The Hall–Kier alpha value is -3.45. The molecule has 4 rings (SSSR count). The van der Waals surface area contributed by atoms with Crippen LogP contribution in [-0.2, 0) is 4.79 Å². The van der Waals surface area contributed by atoms with E-state index in [0.717, 1.165) is 22.5 Å². The molecule has 1 unspecified atom stereocenters. The third-order valence-electron chi connectivity index (χ3n) is 5.81. The van der Waals surface area contributed by atoms with Crippen molar-refractivity contribution in [2.24, 2.45) is 0 Å². The van der Waals surface area contributed by atoms with Crippen LogP contribution in [0.3, 0.4) is 0 Å². The van der Waals surface area contributed by atoms with Crippen molar-refractivity contribution in [3.63, 3.8) is 0 Å². The van der Waals surface area contributed by atoms with Gasteiger partial charge >= 0.3 is 0 Å². The monoisotopic (exact) mass is 471 g/mol. The van der Waals surface area contributed by atoms with E-state index in [1.54, 1.807) is 12.4 Å². The normalized spacial score (nSPS) is 12.1. The first-order valence-electron chi connectivity index (χ1n) is 11.3. The van der Waals surface area contributed by atoms with Gasteiger partial charge in [0.1, 0.15) is 0 Å². The number of pyridine rings is 1. The van der Waals surface area contributed by atoms with E-state index in [2.05, 4.69) is 72.5 Å². The largest absolute Gasteiger partial charge is 0.325 e. The molecule has 0 aliphatic heterocycles. The molecule has 0 aliphatic carbocycles. The molecule has 7 heteroatoms. The summed E-state index contributed by atoms with van der Waals surface area (Å²) in [5, 5.41) is 12.3. The van der Waals surface area contributed by atoms with Gasteiger partial charge in [0.25, 0.3) is 0 Å². The summed E-state index contributed by atoms with van der Waals surface area (Å²) < 4.78 is 2.01. The fraction of sp³-hybridized carbons (Fsp3) is 0.259. The van der Waals surface area contributed by atoms with Crippen LogP contribution in [-0.4, -0.2) is 30.9 Å². The van der Waals surface area contributed by atoms with Crippen molar-refractivity contribution in [3.8, 4) is 17.1 Å². The first-order chi connectivity index (χ1) is 16.3. The summed E-state index contributed by atoms with van der Waals surface area (Å²) in [7, 11) is 0. The van der Waals surface area contributed by atoms with Crippen molar-refractivity contribution >= 4 is 23.4 Å². The molecule has 2 aromatic heterocycles. The molecule has 2 aromatic carbocycles. The highest BCUT2D eigenvalue weighted by molar-refractivity contribution is 8.00. The van der Waals surface area contributed by atoms with Crippen LogP contribution in [0, 0.1) is 13.8 Å². The zero-order valence-corrected chi connectivity index (χ0v) is 20.9. The van der Waals surface area contributed by atoms with Crippen molar-refractivity contribution in [2.45, 2.75) is 50.9 Å². The Kier molecular flexibility index (Phi) is 7.12. The predicted octanol–water partition coefficient (Wildman–Crippen LogP) is 6.19. The van der Waals surface area contributed by atoms with Crippen molar-refractivity contribution in [3.05, 3.63) is 83.7 Å². The van der Waals surface area contributed by atoms with Crippen LogP contribution in [0.5, 0.6) is 0 Å². The van der Waals surface area contributed by atoms with Crippen molar-refractivity contribution in [2.75, 3.05) is 5.32 Å². The number of nitrogens with zero attached hydrogens (tertiary/aromatic N) is 4. The molecule has 34 heavy (non-hydrogen) atoms. The molecule has 1 amide bonds. The van der Waals surface area contributed by atoms with E-state index in [-0.39, 0.29) is 11.2 Å². The average Bonchev–Trinajstić information content (AvgIpc) is 3.25. The SMILES string of the molecule is Cc1ccc(-n2c(SC(C)C(=O)Nc3ccccc3C(C)C)nnc2-c2ccncc2)cc1C. The summed E-state index contributed by atoms with van der Waals surface area (Å²) >= 11 is 1.39. The highest BCUT2D eigenvalue weighted by Crippen LogP contribution is 2.32. The number of hydrogen-bond donors (Lipinski definition) is 1. The second-order valence-electron chi connectivity index (χ2n) is 8.64. The van der Waals surface area contributed by atoms with Crippen molar-refractivity contribution in [1.82, 2.24) is 19.7 Å². The number of hydrogen-bond acceptors (Lipinski definition) is 5. The maximum absolute atomic E-state index is 13.1. The van der Waals surface area contributed by atoms with E-state index < -0.39 is 0 Å². The molecule has 174 valence electrons. The smallest absolute Gasteiger partial charge is 0.237 e. The van der Waals surface area contributed by atoms with E-state index >= 15 is 0 Å². The summed E-state index contributed by atoms with van der Waals surface area (Å²) in [5.74, 6) is 0.958. The molecular formula is C27H29N5OS. The number of nitrogens with one attached hydrogen (secondary N) is 1. The second kappa shape index (κ2) is 10.2. The van der Waals surface area contributed by atoms with Crippen molar-refractivity contribution < 1.29 is 4.79 Å². The maximum Gasteiger partial charge on any atom is 0.237 e. The first-order valence-corrected chi connectivity index (χ1v) is 12.2. The lowest BCUT2D eigenvalue weighted by atomic mass is 10.0. The zero-order chi connectivity index (χ0) is 24.2. The molecular weight excluding hydrogens is 442 g/mol. The minimum Gasteiger partial charge on any atom is -0.325 e.